The second-order valence-electron chi connectivity index (χ2n) is 3.67. The molecule has 0 unspecified atom stereocenters. The average Bonchev–Trinajstić information content (AvgIpc) is 2.18. The van der Waals surface area contributed by atoms with Crippen LogP contribution >= 0.6 is 0 Å². The van der Waals surface area contributed by atoms with E-state index in [-0.39, 0.29) is 5.78 Å². The fourth-order valence-corrected chi connectivity index (χ4v) is 1.09. The smallest absolute Gasteiger partial charge is 0.159 e. The van der Waals surface area contributed by atoms with Crippen molar-refractivity contribution in [1.29, 1.82) is 0 Å². The first-order valence-electron chi connectivity index (χ1n) is 4.97. The maximum Gasteiger partial charge on any atom is 0.159 e. The third kappa shape index (κ3) is 3.98. The van der Waals surface area contributed by atoms with Gasteiger partial charge in [0.1, 0.15) is 12.4 Å². The minimum Gasteiger partial charge on any atom is -0.490 e. The topological polar surface area (TPSA) is 26.3 Å². The maximum absolute atomic E-state index is 11.0. The summed E-state index contributed by atoms with van der Waals surface area (Å²) in [6.07, 6.45) is 2.01. The molecular weight excluding hydrogens is 188 g/mol. The van der Waals surface area contributed by atoms with Crippen LogP contribution in [0, 0.1) is 0 Å². The highest BCUT2D eigenvalue weighted by Gasteiger charge is 1.98. The molecule has 0 aliphatic heterocycles. The Kier molecular flexibility index (Phi) is 4.10. The van der Waals surface area contributed by atoms with E-state index in [4.69, 9.17) is 4.74 Å². The summed E-state index contributed by atoms with van der Waals surface area (Å²) in [6.45, 7) is 6.19. The SMILES string of the molecule is CC(=O)c1ccc(OCC=C(C)C)cc1. The van der Waals surface area contributed by atoms with Gasteiger partial charge in [-0.25, -0.2) is 0 Å². The Balaban J connectivity index is 2.57. The summed E-state index contributed by atoms with van der Waals surface area (Å²) in [5, 5.41) is 0. The molecule has 0 aromatic heterocycles. The number of allylic oxidation sites excluding steroid dienone is 1. The number of hydrogen-bond acceptors (Lipinski definition) is 2. The van der Waals surface area contributed by atoms with Crippen LogP contribution < -0.4 is 4.74 Å². The standard InChI is InChI=1S/C13H16O2/c1-10(2)8-9-15-13-6-4-12(5-7-13)11(3)14/h4-8H,9H2,1-3H3. The molecule has 0 saturated heterocycles. The van der Waals surface area contributed by atoms with Crippen LogP contribution in [-0.4, -0.2) is 12.4 Å². The van der Waals surface area contributed by atoms with Gasteiger partial charge in [0.25, 0.3) is 0 Å². The Morgan fingerprint density at radius 3 is 2.27 bits per heavy atom. The van der Waals surface area contributed by atoms with Gasteiger partial charge in [-0.1, -0.05) is 5.57 Å². The molecule has 0 amide bonds. The molecule has 2 nitrogen and oxygen atoms in total. The Labute approximate surface area is 90.6 Å². The molecule has 1 rings (SSSR count). The molecule has 0 aliphatic carbocycles. The number of Topliss-reactive ketones (excluding diaryl/α,β-unsaturated/α-hetero) is 1. The lowest BCUT2D eigenvalue weighted by Gasteiger charge is -2.03. The number of benzene rings is 1. The van der Waals surface area contributed by atoms with E-state index in [1.54, 1.807) is 19.1 Å². The molecule has 0 aliphatic rings. The maximum atomic E-state index is 11.0. The second-order valence-corrected chi connectivity index (χ2v) is 3.67. The predicted molar refractivity (Wildman–Crippen MR) is 61.4 cm³/mol. The van der Waals surface area contributed by atoms with E-state index in [9.17, 15) is 4.79 Å². The van der Waals surface area contributed by atoms with Gasteiger partial charge in [-0.2, -0.15) is 0 Å². The van der Waals surface area contributed by atoms with Crippen LogP contribution in [0.25, 0.3) is 0 Å². The van der Waals surface area contributed by atoms with Crippen molar-refractivity contribution in [2.24, 2.45) is 0 Å². The molecule has 0 saturated carbocycles. The largest absolute Gasteiger partial charge is 0.490 e. The van der Waals surface area contributed by atoms with Crippen LogP contribution in [0.4, 0.5) is 0 Å². The van der Waals surface area contributed by atoms with E-state index < -0.39 is 0 Å². The molecule has 0 fully saturated rings. The third-order valence-electron chi connectivity index (χ3n) is 2.00. The van der Waals surface area contributed by atoms with E-state index in [0.29, 0.717) is 12.2 Å². The fraction of sp³-hybridized carbons (Fsp3) is 0.308. The van der Waals surface area contributed by atoms with Crippen LogP contribution in [-0.2, 0) is 0 Å². The van der Waals surface area contributed by atoms with Crippen LogP contribution in [0.3, 0.4) is 0 Å². The summed E-state index contributed by atoms with van der Waals surface area (Å²) in [5.74, 6) is 0.864. The fourth-order valence-electron chi connectivity index (χ4n) is 1.09. The summed E-state index contributed by atoms with van der Waals surface area (Å²) in [6, 6.07) is 7.19. The summed E-state index contributed by atoms with van der Waals surface area (Å²) < 4.78 is 5.46. The average molecular weight is 204 g/mol. The zero-order valence-electron chi connectivity index (χ0n) is 9.41. The lowest BCUT2D eigenvalue weighted by Crippen LogP contribution is -1.95. The number of rotatable bonds is 4. The number of carbonyl (C=O) groups excluding carboxylic acids is 1. The molecule has 80 valence electrons. The molecule has 2 heteroatoms. The number of carbonyl (C=O) groups is 1. The van der Waals surface area contributed by atoms with Gasteiger partial charge in [0.05, 0.1) is 0 Å². The Morgan fingerprint density at radius 2 is 1.80 bits per heavy atom. The third-order valence-corrected chi connectivity index (χ3v) is 2.00. The molecule has 0 N–H and O–H groups in total. The van der Waals surface area contributed by atoms with Crippen LogP contribution in [0.15, 0.2) is 35.9 Å². The van der Waals surface area contributed by atoms with E-state index >= 15 is 0 Å². The Hall–Kier alpha value is -1.57. The molecule has 1 aromatic carbocycles. The zero-order chi connectivity index (χ0) is 11.3. The highest BCUT2D eigenvalue weighted by atomic mass is 16.5. The lowest BCUT2D eigenvalue weighted by molar-refractivity contribution is 0.101. The molecule has 0 bridgehead atoms. The van der Waals surface area contributed by atoms with Crippen molar-refractivity contribution >= 4 is 5.78 Å². The van der Waals surface area contributed by atoms with Crippen molar-refractivity contribution in [3.8, 4) is 5.75 Å². The molecule has 0 atom stereocenters. The van der Waals surface area contributed by atoms with E-state index in [0.717, 1.165) is 5.75 Å². The molecule has 15 heavy (non-hydrogen) atoms. The summed E-state index contributed by atoms with van der Waals surface area (Å²) in [7, 11) is 0. The van der Waals surface area contributed by atoms with Gasteiger partial charge in [0.15, 0.2) is 5.78 Å². The van der Waals surface area contributed by atoms with E-state index in [1.165, 1.54) is 5.57 Å². The molecule has 0 radical (unpaired) electrons. The number of hydrogen-bond donors (Lipinski definition) is 0. The van der Waals surface area contributed by atoms with Crippen molar-refractivity contribution < 1.29 is 9.53 Å². The molecule has 0 heterocycles. The van der Waals surface area contributed by atoms with Crippen molar-refractivity contribution in [2.45, 2.75) is 20.8 Å². The van der Waals surface area contributed by atoms with E-state index in [2.05, 4.69) is 0 Å². The van der Waals surface area contributed by atoms with Gasteiger partial charge in [0, 0.05) is 5.56 Å². The van der Waals surface area contributed by atoms with Gasteiger partial charge in [-0.05, 0) is 51.1 Å². The van der Waals surface area contributed by atoms with Crippen molar-refractivity contribution in [3.05, 3.63) is 41.5 Å². The minimum atomic E-state index is 0.0749. The molecule has 0 spiro atoms. The quantitative estimate of drug-likeness (QED) is 0.556. The highest BCUT2D eigenvalue weighted by molar-refractivity contribution is 5.94. The summed E-state index contributed by atoms with van der Waals surface area (Å²) in [4.78, 5) is 11.0. The number of ether oxygens (including phenoxy) is 1. The monoisotopic (exact) mass is 204 g/mol. The summed E-state index contributed by atoms with van der Waals surface area (Å²) >= 11 is 0. The van der Waals surface area contributed by atoms with Crippen LogP contribution in [0.2, 0.25) is 0 Å². The zero-order valence-corrected chi connectivity index (χ0v) is 9.41. The summed E-state index contributed by atoms with van der Waals surface area (Å²) in [5.41, 5.74) is 1.94. The van der Waals surface area contributed by atoms with Crippen molar-refractivity contribution in [1.82, 2.24) is 0 Å². The molecule has 1 aromatic rings. The Bertz CT molecular complexity index is 357. The van der Waals surface area contributed by atoms with Gasteiger partial charge in [0.2, 0.25) is 0 Å². The first kappa shape index (κ1) is 11.5. The van der Waals surface area contributed by atoms with Crippen molar-refractivity contribution in [3.63, 3.8) is 0 Å². The normalized spacial score (nSPS) is 9.53. The van der Waals surface area contributed by atoms with E-state index in [1.807, 2.05) is 32.1 Å². The van der Waals surface area contributed by atoms with Gasteiger partial charge >= 0.3 is 0 Å². The first-order valence-corrected chi connectivity index (χ1v) is 4.97. The van der Waals surface area contributed by atoms with Gasteiger partial charge in [-0.3, -0.25) is 4.79 Å². The predicted octanol–water partition coefficient (Wildman–Crippen LogP) is 3.23. The van der Waals surface area contributed by atoms with Crippen LogP contribution in [0.1, 0.15) is 31.1 Å². The van der Waals surface area contributed by atoms with Crippen molar-refractivity contribution in [2.75, 3.05) is 6.61 Å². The number of ketones is 1. The van der Waals surface area contributed by atoms with Crippen LogP contribution in [0.5, 0.6) is 5.75 Å². The van der Waals surface area contributed by atoms with Gasteiger partial charge in [-0.15, -0.1) is 0 Å². The van der Waals surface area contributed by atoms with Gasteiger partial charge < -0.3 is 4.74 Å². The highest BCUT2D eigenvalue weighted by Crippen LogP contribution is 2.12. The lowest BCUT2D eigenvalue weighted by atomic mass is 10.1. The second kappa shape index (κ2) is 5.35. The Morgan fingerprint density at radius 1 is 1.20 bits per heavy atom. The minimum absolute atomic E-state index is 0.0749. The molecular formula is C13H16O2. The first-order chi connectivity index (χ1) is 7.09.